The van der Waals surface area contributed by atoms with Crippen molar-refractivity contribution in [2.24, 2.45) is 17.8 Å². The minimum atomic E-state index is -3.79. The molecule has 0 aromatic heterocycles. The Kier molecular flexibility index (Phi) is 6.23. The molecular weight excluding hydrogens is 412 g/mol. The van der Waals surface area contributed by atoms with Crippen LogP contribution in [0.2, 0.25) is 0 Å². The number of para-hydroxylation sites is 1. The molecule has 2 bridgehead atoms. The fraction of sp³-hybridized carbons (Fsp3) is 0.458. The minimum absolute atomic E-state index is 0.0826. The Hall–Kier alpha value is -2.54. The summed E-state index contributed by atoms with van der Waals surface area (Å²) in [5.74, 6) is 2.24. The number of fused-ring (bicyclic) bond motifs is 2. The number of methoxy groups -OCH3 is 1. The van der Waals surface area contributed by atoms with Crippen molar-refractivity contribution in [2.45, 2.75) is 43.9 Å². The maximum absolute atomic E-state index is 13.3. The maximum Gasteiger partial charge on any atom is 0.264 e. The number of carbonyl (C=O) groups is 1. The normalized spacial score (nSPS) is 22.3. The molecule has 1 amide bonds. The standard InChI is InChI=1S/C24H30N2O4S/c1-3-26(20-7-5-4-6-8-20)31(28,29)21-11-12-23(30-2)22(16-21)25-24(27)15-19-14-17-9-10-18(19)13-17/h4-8,11-12,16-19H,3,9-10,13-15H2,1-2H3,(H,25,27). The van der Waals surface area contributed by atoms with E-state index in [-0.39, 0.29) is 10.8 Å². The lowest BCUT2D eigenvalue weighted by Crippen LogP contribution is -2.30. The Bertz CT molecular complexity index is 1040. The average Bonchev–Trinajstić information content (AvgIpc) is 3.38. The Morgan fingerprint density at radius 2 is 1.90 bits per heavy atom. The van der Waals surface area contributed by atoms with Gasteiger partial charge in [0.1, 0.15) is 5.75 Å². The van der Waals surface area contributed by atoms with Crippen molar-refractivity contribution >= 4 is 27.3 Å². The van der Waals surface area contributed by atoms with E-state index in [1.165, 1.54) is 42.8 Å². The van der Waals surface area contributed by atoms with Crippen molar-refractivity contribution in [1.29, 1.82) is 0 Å². The highest BCUT2D eigenvalue weighted by atomic mass is 32.2. The Morgan fingerprint density at radius 1 is 1.13 bits per heavy atom. The van der Waals surface area contributed by atoms with Crippen molar-refractivity contribution in [3.63, 3.8) is 0 Å². The molecule has 2 aliphatic rings. The lowest BCUT2D eigenvalue weighted by Gasteiger charge is -2.24. The quantitative estimate of drug-likeness (QED) is 0.644. The molecule has 2 aliphatic carbocycles. The number of benzene rings is 2. The van der Waals surface area contributed by atoms with Crippen LogP contribution in [0.4, 0.5) is 11.4 Å². The molecule has 3 atom stereocenters. The number of hydrogen-bond acceptors (Lipinski definition) is 4. The van der Waals surface area contributed by atoms with Crippen molar-refractivity contribution in [1.82, 2.24) is 0 Å². The van der Waals surface area contributed by atoms with Gasteiger partial charge in [-0.15, -0.1) is 0 Å². The molecule has 0 heterocycles. The number of nitrogens with one attached hydrogen (secondary N) is 1. The SMILES string of the molecule is CCN(c1ccccc1)S(=O)(=O)c1ccc(OC)c(NC(=O)CC2CC3CCC2C3)c1. The highest BCUT2D eigenvalue weighted by molar-refractivity contribution is 7.92. The van der Waals surface area contributed by atoms with E-state index in [0.717, 1.165) is 12.3 Å². The fourth-order valence-corrected chi connectivity index (χ4v) is 6.72. The summed E-state index contributed by atoms with van der Waals surface area (Å²) >= 11 is 0. The highest BCUT2D eigenvalue weighted by Crippen LogP contribution is 2.49. The first kappa shape index (κ1) is 21.7. The first-order valence-electron chi connectivity index (χ1n) is 11.0. The van der Waals surface area contributed by atoms with Gasteiger partial charge in [0.2, 0.25) is 5.91 Å². The van der Waals surface area contributed by atoms with Gasteiger partial charge in [-0.3, -0.25) is 9.10 Å². The number of amides is 1. The third-order valence-corrected chi connectivity index (χ3v) is 8.60. The summed E-state index contributed by atoms with van der Waals surface area (Å²) in [6.07, 6.45) is 5.39. The Balaban J connectivity index is 1.56. The zero-order valence-electron chi connectivity index (χ0n) is 18.1. The number of ether oxygens (including phenoxy) is 1. The lowest BCUT2D eigenvalue weighted by atomic mass is 9.86. The molecule has 2 aromatic carbocycles. The van der Waals surface area contributed by atoms with Crippen molar-refractivity contribution in [3.8, 4) is 5.75 Å². The van der Waals surface area contributed by atoms with Gasteiger partial charge in [0, 0.05) is 13.0 Å². The number of rotatable bonds is 8. The van der Waals surface area contributed by atoms with E-state index in [1.807, 2.05) is 18.2 Å². The van der Waals surface area contributed by atoms with E-state index in [4.69, 9.17) is 4.74 Å². The van der Waals surface area contributed by atoms with Crippen LogP contribution in [0, 0.1) is 17.8 Å². The molecule has 4 rings (SSSR count). The molecule has 3 unspecified atom stereocenters. The van der Waals surface area contributed by atoms with Crippen LogP contribution in [0.3, 0.4) is 0 Å². The van der Waals surface area contributed by atoms with Crippen LogP contribution >= 0.6 is 0 Å². The van der Waals surface area contributed by atoms with Crippen molar-refractivity contribution < 1.29 is 17.9 Å². The molecule has 7 heteroatoms. The van der Waals surface area contributed by atoms with E-state index in [0.29, 0.717) is 41.9 Å². The predicted molar refractivity (Wildman–Crippen MR) is 122 cm³/mol. The van der Waals surface area contributed by atoms with Gasteiger partial charge in [-0.1, -0.05) is 24.6 Å². The molecule has 0 aliphatic heterocycles. The summed E-state index contributed by atoms with van der Waals surface area (Å²) in [6.45, 7) is 2.09. The van der Waals surface area contributed by atoms with Gasteiger partial charge in [-0.2, -0.15) is 0 Å². The van der Waals surface area contributed by atoms with Gasteiger partial charge < -0.3 is 10.1 Å². The van der Waals surface area contributed by atoms with E-state index >= 15 is 0 Å². The molecular formula is C24H30N2O4S. The number of nitrogens with zero attached hydrogens (tertiary/aromatic N) is 1. The second-order valence-electron chi connectivity index (χ2n) is 8.55. The zero-order chi connectivity index (χ0) is 22.0. The maximum atomic E-state index is 13.3. The van der Waals surface area contributed by atoms with Crippen LogP contribution < -0.4 is 14.4 Å². The van der Waals surface area contributed by atoms with Gasteiger partial charge in [0.15, 0.2) is 0 Å². The summed E-state index contributed by atoms with van der Waals surface area (Å²) in [5.41, 5.74) is 0.989. The molecule has 2 saturated carbocycles. The summed E-state index contributed by atoms with van der Waals surface area (Å²) in [5, 5.41) is 2.91. The summed E-state index contributed by atoms with van der Waals surface area (Å²) < 4.78 is 33.4. The zero-order valence-corrected chi connectivity index (χ0v) is 18.9. The highest BCUT2D eigenvalue weighted by Gasteiger charge is 2.40. The number of sulfonamides is 1. The summed E-state index contributed by atoms with van der Waals surface area (Å²) in [4.78, 5) is 12.9. The third kappa shape index (κ3) is 4.42. The Labute approximate surface area is 184 Å². The van der Waals surface area contributed by atoms with Gasteiger partial charge in [0.25, 0.3) is 10.0 Å². The molecule has 2 fully saturated rings. The second-order valence-corrected chi connectivity index (χ2v) is 10.4. The monoisotopic (exact) mass is 442 g/mol. The van der Waals surface area contributed by atoms with Gasteiger partial charge in [0.05, 0.1) is 23.4 Å². The number of carbonyl (C=O) groups excluding carboxylic acids is 1. The second kappa shape index (κ2) is 8.91. The van der Waals surface area contributed by atoms with E-state index in [9.17, 15) is 13.2 Å². The van der Waals surface area contributed by atoms with Gasteiger partial charge >= 0.3 is 0 Å². The molecule has 1 N–H and O–H groups in total. The van der Waals surface area contributed by atoms with Gasteiger partial charge in [-0.05, 0) is 74.3 Å². The molecule has 0 saturated heterocycles. The first-order chi connectivity index (χ1) is 14.9. The van der Waals surface area contributed by atoms with Crippen molar-refractivity contribution in [2.75, 3.05) is 23.3 Å². The minimum Gasteiger partial charge on any atom is -0.495 e. The van der Waals surface area contributed by atoms with Crippen LogP contribution in [0.15, 0.2) is 53.4 Å². The molecule has 0 radical (unpaired) electrons. The van der Waals surface area contributed by atoms with Gasteiger partial charge in [-0.25, -0.2) is 8.42 Å². The van der Waals surface area contributed by atoms with Crippen LogP contribution in [-0.2, 0) is 14.8 Å². The average molecular weight is 443 g/mol. The fourth-order valence-electron chi connectivity index (χ4n) is 5.22. The smallest absolute Gasteiger partial charge is 0.264 e. The molecule has 166 valence electrons. The summed E-state index contributed by atoms with van der Waals surface area (Å²) in [6, 6.07) is 13.6. The van der Waals surface area contributed by atoms with Crippen LogP contribution in [-0.4, -0.2) is 28.0 Å². The van der Waals surface area contributed by atoms with Crippen molar-refractivity contribution in [3.05, 3.63) is 48.5 Å². The number of anilines is 2. The molecule has 2 aromatic rings. The van der Waals surface area contributed by atoms with Crippen LogP contribution in [0.25, 0.3) is 0 Å². The van der Waals surface area contributed by atoms with Crippen LogP contribution in [0.1, 0.15) is 39.0 Å². The van der Waals surface area contributed by atoms with E-state index < -0.39 is 10.0 Å². The topological polar surface area (TPSA) is 75.7 Å². The molecule has 0 spiro atoms. The first-order valence-corrected chi connectivity index (χ1v) is 12.4. The van der Waals surface area contributed by atoms with E-state index in [1.54, 1.807) is 25.1 Å². The molecule has 31 heavy (non-hydrogen) atoms. The largest absolute Gasteiger partial charge is 0.495 e. The summed E-state index contributed by atoms with van der Waals surface area (Å²) in [7, 11) is -2.28. The predicted octanol–water partition coefficient (Wildman–Crippen LogP) is 4.68. The Morgan fingerprint density at radius 3 is 2.52 bits per heavy atom. The third-order valence-electron chi connectivity index (χ3n) is 6.70. The number of hydrogen-bond donors (Lipinski definition) is 1. The lowest BCUT2D eigenvalue weighted by molar-refractivity contribution is -0.117. The molecule has 6 nitrogen and oxygen atoms in total. The van der Waals surface area contributed by atoms with Crippen LogP contribution in [0.5, 0.6) is 5.75 Å². The van der Waals surface area contributed by atoms with E-state index in [2.05, 4.69) is 5.32 Å².